The Morgan fingerprint density at radius 1 is 1.28 bits per heavy atom. The highest BCUT2D eigenvalue weighted by molar-refractivity contribution is 7.89. The van der Waals surface area contributed by atoms with Crippen molar-refractivity contribution >= 4 is 16.1 Å². The number of carbonyl (C=O) groups is 1. The minimum absolute atomic E-state index is 0.0772. The van der Waals surface area contributed by atoms with Gasteiger partial charge in [-0.1, -0.05) is 29.8 Å². The van der Waals surface area contributed by atoms with Crippen LogP contribution in [0.3, 0.4) is 0 Å². The monoisotopic (exact) mass is 464 g/mol. The Balaban J connectivity index is 2.53. The standard InChI is InChI=1S/C24H36N2O5S/c1-9-11-20(21-17-30-24(7,8)26(21)22(27)31-23(4,5)6)25(16-10-2)32(28,29)19-14-12-18(3)13-15-19/h9-10,12-15,20-21H,1-2,11,16-17H2,3-8H3/t20-,21+/m1/s1. The molecule has 0 bridgehead atoms. The molecule has 1 aromatic carbocycles. The van der Waals surface area contributed by atoms with Crippen LogP contribution in [0, 0.1) is 6.92 Å². The molecule has 0 aromatic heterocycles. The van der Waals surface area contributed by atoms with Crippen molar-refractivity contribution in [3.05, 3.63) is 55.1 Å². The number of carbonyl (C=O) groups excluding carboxylic acids is 1. The third kappa shape index (κ3) is 5.79. The van der Waals surface area contributed by atoms with Crippen LogP contribution in [0.2, 0.25) is 0 Å². The van der Waals surface area contributed by atoms with E-state index in [1.807, 2.05) is 6.92 Å². The third-order valence-corrected chi connectivity index (χ3v) is 7.17. The van der Waals surface area contributed by atoms with E-state index < -0.39 is 39.5 Å². The first-order valence-electron chi connectivity index (χ1n) is 10.7. The molecule has 1 aliphatic rings. The molecule has 7 nitrogen and oxygen atoms in total. The average Bonchev–Trinajstić information content (AvgIpc) is 2.98. The van der Waals surface area contributed by atoms with Crippen LogP contribution < -0.4 is 0 Å². The number of hydrogen-bond acceptors (Lipinski definition) is 5. The van der Waals surface area contributed by atoms with Gasteiger partial charge in [-0.15, -0.1) is 13.2 Å². The van der Waals surface area contributed by atoms with E-state index in [0.29, 0.717) is 6.42 Å². The van der Waals surface area contributed by atoms with Gasteiger partial charge < -0.3 is 9.47 Å². The normalized spacial score (nSPS) is 19.6. The molecule has 2 rings (SSSR count). The Morgan fingerprint density at radius 2 is 1.88 bits per heavy atom. The van der Waals surface area contributed by atoms with E-state index >= 15 is 0 Å². The lowest BCUT2D eigenvalue weighted by atomic mass is 10.0. The lowest BCUT2D eigenvalue weighted by Crippen LogP contribution is -2.58. The van der Waals surface area contributed by atoms with Crippen LogP contribution in [0.4, 0.5) is 4.79 Å². The molecule has 0 saturated carbocycles. The Morgan fingerprint density at radius 3 is 2.38 bits per heavy atom. The Kier molecular flexibility index (Phi) is 7.96. The predicted octanol–water partition coefficient (Wildman–Crippen LogP) is 4.49. The highest BCUT2D eigenvalue weighted by atomic mass is 32.2. The van der Waals surface area contributed by atoms with Crippen molar-refractivity contribution in [3.63, 3.8) is 0 Å². The van der Waals surface area contributed by atoms with Gasteiger partial charge in [0.15, 0.2) is 0 Å². The van der Waals surface area contributed by atoms with Gasteiger partial charge in [-0.05, 0) is 60.1 Å². The zero-order valence-electron chi connectivity index (χ0n) is 20.0. The summed E-state index contributed by atoms with van der Waals surface area (Å²) in [7, 11) is -3.88. The first-order chi connectivity index (χ1) is 14.7. The van der Waals surface area contributed by atoms with Crippen LogP contribution in [-0.4, -0.2) is 60.3 Å². The summed E-state index contributed by atoms with van der Waals surface area (Å²) in [6, 6.07) is 5.51. The molecular formula is C24H36N2O5S. The molecule has 1 amide bonds. The van der Waals surface area contributed by atoms with Gasteiger partial charge in [0.05, 0.1) is 23.6 Å². The largest absolute Gasteiger partial charge is 0.444 e. The second-order valence-electron chi connectivity index (χ2n) is 9.44. The number of nitrogens with zero attached hydrogens (tertiary/aromatic N) is 2. The summed E-state index contributed by atoms with van der Waals surface area (Å²) < 4.78 is 40.2. The Labute approximate surface area is 192 Å². The molecule has 1 aromatic rings. The molecule has 2 atom stereocenters. The fraction of sp³-hybridized carbons (Fsp3) is 0.542. The van der Waals surface area contributed by atoms with Gasteiger partial charge in [0, 0.05) is 6.54 Å². The van der Waals surface area contributed by atoms with Gasteiger partial charge in [0.2, 0.25) is 10.0 Å². The maximum absolute atomic E-state index is 13.6. The number of amides is 1. The topological polar surface area (TPSA) is 76.2 Å². The van der Waals surface area contributed by atoms with Crippen molar-refractivity contribution in [2.45, 2.75) is 76.3 Å². The third-order valence-electron chi connectivity index (χ3n) is 5.27. The van der Waals surface area contributed by atoms with Crippen LogP contribution in [0.15, 0.2) is 54.5 Å². The molecule has 0 radical (unpaired) electrons. The molecule has 0 aliphatic carbocycles. The minimum atomic E-state index is -3.88. The predicted molar refractivity (Wildman–Crippen MR) is 126 cm³/mol. The number of ether oxygens (including phenoxy) is 2. The highest BCUT2D eigenvalue weighted by Crippen LogP contribution is 2.35. The molecule has 8 heteroatoms. The average molecular weight is 465 g/mol. The quantitative estimate of drug-likeness (QED) is 0.530. The van der Waals surface area contributed by atoms with E-state index in [4.69, 9.17) is 9.47 Å². The van der Waals surface area contributed by atoms with Crippen molar-refractivity contribution in [1.82, 2.24) is 9.21 Å². The Bertz CT molecular complexity index is 932. The number of sulfonamides is 1. The number of rotatable bonds is 8. The van der Waals surface area contributed by atoms with Gasteiger partial charge in [-0.3, -0.25) is 4.90 Å². The minimum Gasteiger partial charge on any atom is -0.444 e. The number of benzene rings is 1. The van der Waals surface area contributed by atoms with Crippen LogP contribution in [-0.2, 0) is 19.5 Å². The fourth-order valence-electron chi connectivity index (χ4n) is 3.80. The Hall–Kier alpha value is -2.16. The zero-order chi connectivity index (χ0) is 24.3. The second kappa shape index (κ2) is 9.77. The molecule has 0 N–H and O–H groups in total. The first kappa shape index (κ1) is 26.1. The molecular weight excluding hydrogens is 428 g/mol. The maximum Gasteiger partial charge on any atom is 0.412 e. The molecule has 178 valence electrons. The van der Waals surface area contributed by atoms with Gasteiger partial charge in [0.1, 0.15) is 11.3 Å². The van der Waals surface area contributed by atoms with E-state index in [-0.39, 0.29) is 18.0 Å². The second-order valence-corrected chi connectivity index (χ2v) is 11.3. The van der Waals surface area contributed by atoms with Crippen LogP contribution >= 0.6 is 0 Å². The van der Waals surface area contributed by atoms with Crippen molar-refractivity contribution < 1.29 is 22.7 Å². The van der Waals surface area contributed by atoms with Crippen molar-refractivity contribution in [2.75, 3.05) is 13.2 Å². The highest BCUT2D eigenvalue weighted by Gasteiger charge is 2.51. The summed E-state index contributed by atoms with van der Waals surface area (Å²) in [5, 5.41) is 0. The van der Waals surface area contributed by atoms with E-state index in [1.54, 1.807) is 71.0 Å². The molecule has 1 heterocycles. The smallest absolute Gasteiger partial charge is 0.412 e. The van der Waals surface area contributed by atoms with Crippen LogP contribution in [0.1, 0.15) is 46.6 Å². The van der Waals surface area contributed by atoms with E-state index in [9.17, 15) is 13.2 Å². The SMILES string of the molecule is C=CC[C@H]([C@@H]1COC(C)(C)N1C(=O)OC(C)(C)C)N(CC=C)S(=O)(=O)c1ccc(C)cc1. The number of hydrogen-bond donors (Lipinski definition) is 0. The van der Waals surface area contributed by atoms with Gasteiger partial charge in [-0.2, -0.15) is 4.31 Å². The van der Waals surface area contributed by atoms with Crippen LogP contribution in [0.5, 0.6) is 0 Å². The van der Waals surface area contributed by atoms with Crippen molar-refractivity contribution in [1.29, 1.82) is 0 Å². The summed E-state index contributed by atoms with van der Waals surface area (Å²) in [4.78, 5) is 14.8. The maximum atomic E-state index is 13.6. The molecule has 1 aliphatic heterocycles. The van der Waals surface area contributed by atoms with Gasteiger partial charge >= 0.3 is 6.09 Å². The summed E-state index contributed by atoms with van der Waals surface area (Å²) in [5.41, 5.74) is -0.702. The first-order valence-corrected chi connectivity index (χ1v) is 12.1. The molecule has 1 fully saturated rings. The molecule has 32 heavy (non-hydrogen) atoms. The number of aryl methyl sites for hydroxylation is 1. The molecule has 1 saturated heterocycles. The lowest BCUT2D eigenvalue weighted by molar-refractivity contribution is -0.0644. The van der Waals surface area contributed by atoms with Crippen LogP contribution in [0.25, 0.3) is 0 Å². The lowest BCUT2D eigenvalue weighted by Gasteiger charge is -2.40. The summed E-state index contributed by atoms with van der Waals surface area (Å²) in [6.07, 6.45) is 2.97. The van der Waals surface area contributed by atoms with Crippen molar-refractivity contribution in [2.24, 2.45) is 0 Å². The molecule has 0 spiro atoms. The summed E-state index contributed by atoms with van der Waals surface area (Å²) >= 11 is 0. The zero-order valence-corrected chi connectivity index (χ0v) is 20.8. The van der Waals surface area contributed by atoms with Crippen molar-refractivity contribution in [3.8, 4) is 0 Å². The van der Waals surface area contributed by atoms with E-state index in [2.05, 4.69) is 13.2 Å². The van der Waals surface area contributed by atoms with E-state index in [1.165, 1.54) is 9.21 Å². The van der Waals surface area contributed by atoms with Gasteiger partial charge in [0.25, 0.3) is 0 Å². The van der Waals surface area contributed by atoms with Gasteiger partial charge in [-0.25, -0.2) is 13.2 Å². The van der Waals surface area contributed by atoms with E-state index in [0.717, 1.165) is 5.56 Å². The summed E-state index contributed by atoms with van der Waals surface area (Å²) in [6.45, 7) is 18.6. The molecule has 0 unspecified atom stereocenters. The fourth-order valence-corrected chi connectivity index (χ4v) is 5.44. The summed E-state index contributed by atoms with van der Waals surface area (Å²) in [5.74, 6) is 0.